The van der Waals surface area contributed by atoms with Gasteiger partial charge in [-0.3, -0.25) is 4.57 Å². The second kappa shape index (κ2) is 4.10. The molecule has 0 amide bonds. The Morgan fingerprint density at radius 2 is 2.00 bits per heavy atom. The van der Waals surface area contributed by atoms with E-state index in [9.17, 15) is 4.39 Å². The molecule has 90 valence electrons. The van der Waals surface area contributed by atoms with Gasteiger partial charge in [0.1, 0.15) is 12.1 Å². The smallest absolute Gasteiger partial charge is 0.137 e. The molecule has 0 aliphatic carbocycles. The minimum Gasteiger partial charge on any atom is -0.399 e. The van der Waals surface area contributed by atoms with Gasteiger partial charge in [-0.2, -0.15) is 0 Å². The van der Waals surface area contributed by atoms with Crippen molar-refractivity contribution in [2.24, 2.45) is 0 Å². The predicted molar refractivity (Wildman–Crippen MR) is 73.1 cm³/mol. The van der Waals surface area contributed by atoms with Crippen LogP contribution in [0, 0.1) is 5.82 Å². The van der Waals surface area contributed by atoms with Gasteiger partial charge in [0.2, 0.25) is 0 Å². The Kier molecular flexibility index (Phi) is 2.56. The van der Waals surface area contributed by atoms with Gasteiger partial charge in [-0.25, -0.2) is 9.37 Å². The maximum absolute atomic E-state index is 13.2. The van der Waals surface area contributed by atoms with Gasteiger partial charge in [0.25, 0.3) is 0 Å². The second-order valence-electron chi connectivity index (χ2n) is 3.96. The third-order valence-electron chi connectivity index (χ3n) is 2.75. The van der Waals surface area contributed by atoms with Crippen LogP contribution in [0.5, 0.6) is 0 Å². The molecule has 2 aromatic carbocycles. The largest absolute Gasteiger partial charge is 0.399 e. The highest BCUT2D eigenvalue weighted by atomic mass is 79.9. The molecule has 0 spiro atoms. The van der Waals surface area contributed by atoms with E-state index >= 15 is 0 Å². The van der Waals surface area contributed by atoms with Crippen LogP contribution in [0.3, 0.4) is 0 Å². The van der Waals surface area contributed by atoms with Crippen LogP contribution in [0.25, 0.3) is 16.7 Å². The fraction of sp³-hybridized carbons (Fsp3) is 0. The third-order valence-corrected chi connectivity index (χ3v) is 3.36. The molecular weight excluding hydrogens is 297 g/mol. The molecule has 5 heteroatoms. The molecule has 3 nitrogen and oxygen atoms in total. The molecule has 0 fully saturated rings. The lowest BCUT2D eigenvalue weighted by molar-refractivity contribution is 0.620. The highest BCUT2D eigenvalue weighted by molar-refractivity contribution is 9.10. The molecule has 0 radical (unpaired) electrons. The molecule has 0 bridgehead atoms. The van der Waals surface area contributed by atoms with Crippen LogP contribution >= 0.6 is 15.9 Å². The van der Waals surface area contributed by atoms with Crippen molar-refractivity contribution >= 4 is 32.7 Å². The summed E-state index contributed by atoms with van der Waals surface area (Å²) in [5.74, 6) is -0.285. The van der Waals surface area contributed by atoms with Crippen molar-refractivity contribution < 1.29 is 4.39 Å². The molecule has 3 aromatic rings. The number of aromatic nitrogens is 2. The lowest BCUT2D eigenvalue weighted by atomic mass is 10.2. The molecule has 18 heavy (non-hydrogen) atoms. The van der Waals surface area contributed by atoms with Gasteiger partial charge in [-0.05, 0) is 52.3 Å². The van der Waals surface area contributed by atoms with Crippen molar-refractivity contribution in [3.63, 3.8) is 0 Å². The van der Waals surface area contributed by atoms with E-state index in [-0.39, 0.29) is 5.82 Å². The number of fused-ring (bicyclic) bond motifs is 1. The van der Waals surface area contributed by atoms with E-state index in [0.29, 0.717) is 10.2 Å². The predicted octanol–water partition coefficient (Wildman–Crippen LogP) is 3.51. The maximum atomic E-state index is 13.2. The molecule has 0 aliphatic rings. The molecule has 0 saturated heterocycles. The number of nitrogens with two attached hydrogens (primary N) is 1. The first-order valence-corrected chi connectivity index (χ1v) is 6.12. The number of imidazole rings is 1. The summed E-state index contributed by atoms with van der Waals surface area (Å²) in [6.45, 7) is 0. The van der Waals surface area contributed by atoms with Crippen LogP contribution in [0.1, 0.15) is 0 Å². The van der Waals surface area contributed by atoms with E-state index in [4.69, 9.17) is 5.73 Å². The van der Waals surface area contributed by atoms with Crippen molar-refractivity contribution in [2.75, 3.05) is 5.73 Å². The van der Waals surface area contributed by atoms with Gasteiger partial charge in [0, 0.05) is 11.4 Å². The summed E-state index contributed by atoms with van der Waals surface area (Å²) in [4.78, 5) is 4.28. The van der Waals surface area contributed by atoms with Crippen molar-refractivity contribution in [3.8, 4) is 5.69 Å². The molecule has 1 heterocycles. The first kappa shape index (κ1) is 11.2. The number of rotatable bonds is 1. The maximum Gasteiger partial charge on any atom is 0.137 e. The fourth-order valence-corrected chi connectivity index (χ4v) is 2.24. The van der Waals surface area contributed by atoms with E-state index in [1.165, 1.54) is 6.07 Å². The van der Waals surface area contributed by atoms with Crippen molar-refractivity contribution in [1.82, 2.24) is 9.55 Å². The number of nitrogens with zero attached hydrogens (tertiary/aromatic N) is 2. The zero-order valence-electron chi connectivity index (χ0n) is 9.27. The summed E-state index contributed by atoms with van der Waals surface area (Å²) >= 11 is 3.18. The van der Waals surface area contributed by atoms with E-state index in [1.54, 1.807) is 18.5 Å². The summed E-state index contributed by atoms with van der Waals surface area (Å²) in [5.41, 5.74) is 8.97. The monoisotopic (exact) mass is 305 g/mol. The average molecular weight is 306 g/mol. The van der Waals surface area contributed by atoms with Gasteiger partial charge >= 0.3 is 0 Å². The number of benzene rings is 2. The zero-order chi connectivity index (χ0) is 12.7. The number of anilines is 1. The average Bonchev–Trinajstić information content (AvgIpc) is 2.75. The molecular formula is C13H9BrFN3. The highest BCUT2D eigenvalue weighted by Gasteiger charge is 2.07. The first-order valence-electron chi connectivity index (χ1n) is 5.33. The lowest BCUT2D eigenvalue weighted by Crippen LogP contribution is -1.93. The minimum atomic E-state index is -0.285. The van der Waals surface area contributed by atoms with E-state index in [1.807, 2.05) is 22.8 Å². The highest BCUT2D eigenvalue weighted by Crippen LogP contribution is 2.23. The van der Waals surface area contributed by atoms with Crippen molar-refractivity contribution in [3.05, 3.63) is 53.0 Å². The fourth-order valence-electron chi connectivity index (χ4n) is 1.87. The molecule has 0 aliphatic heterocycles. The van der Waals surface area contributed by atoms with Gasteiger partial charge in [0.15, 0.2) is 0 Å². The Hall–Kier alpha value is -1.88. The molecule has 2 N–H and O–H groups in total. The Labute approximate surface area is 111 Å². The first-order chi connectivity index (χ1) is 8.65. The van der Waals surface area contributed by atoms with Crippen LogP contribution in [0.4, 0.5) is 10.1 Å². The lowest BCUT2D eigenvalue weighted by Gasteiger charge is -2.05. The SMILES string of the molecule is Nc1ccc2c(c1)ncn2-c1ccc(F)c(Br)c1. The molecule has 0 atom stereocenters. The molecule has 1 aromatic heterocycles. The van der Waals surface area contributed by atoms with Crippen molar-refractivity contribution in [2.45, 2.75) is 0 Å². The number of halogens is 2. The van der Waals surface area contributed by atoms with Crippen LogP contribution < -0.4 is 5.73 Å². The van der Waals surface area contributed by atoms with Gasteiger partial charge < -0.3 is 5.73 Å². The Bertz CT molecular complexity index is 736. The third kappa shape index (κ3) is 1.76. The molecule has 3 rings (SSSR count). The van der Waals surface area contributed by atoms with Gasteiger partial charge in [-0.1, -0.05) is 0 Å². The Morgan fingerprint density at radius 3 is 2.78 bits per heavy atom. The normalized spacial score (nSPS) is 11.0. The number of nitrogen functional groups attached to an aromatic ring is 1. The van der Waals surface area contributed by atoms with Crippen LogP contribution in [-0.2, 0) is 0 Å². The summed E-state index contributed by atoms with van der Waals surface area (Å²) < 4.78 is 15.5. The van der Waals surface area contributed by atoms with Crippen molar-refractivity contribution in [1.29, 1.82) is 0 Å². The van der Waals surface area contributed by atoms with Gasteiger partial charge in [-0.15, -0.1) is 0 Å². The summed E-state index contributed by atoms with van der Waals surface area (Å²) in [7, 11) is 0. The zero-order valence-corrected chi connectivity index (χ0v) is 10.9. The van der Waals surface area contributed by atoms with Crippen LogP contribution in [0.2, 0.25) is 0 Å². The number of hydrogen-bond acceptors (Lipinski definition) is 2. The minimum absolute atomic E-state index is 0.285. The quantitative estimate of drug-likeness (QED) is 0.699. The number of hydrogen-bond donors (Lipinski definition) is 1. The second-order valence-corrected chi connectivity index (χ2v) is 4.82. The van der Waals surface area contributed by atoms with E-state index in [2.05, 4.69) is 20.9 Å². The van der Waals surface area contributed by atoms with Crippen LogP contribution in [-0.4, -0.2) is 9.55 Å². The van der Waals surface area contributed by atoms with Crippen LogP contribution in [0.15, 0.2) is 47.2 Å². The Balaban J connectivity index is 2.22. The summed E-state index contributed by atoms with van der Waals surface area (Å²) in [5, 5.41) is 0. The summed E-state index contributed by atoms with van der Waals surface area (Å²) in [6, 6.07) is 10.4. The summed E-state index contributed by atoms with van der Waals surface area (Å²) in [6.07, 6.45) is 1.70. The topological polar surface area (TPSA) is 43.8 Å². The molecule has 0 unspecified atom stereocenters. The van der Waals surface area contributed by atoms with E-state index in [0.717, 1.165) is 16.7 Å². The van der Waals surface area contributed by atoms with E-state index < -0.39 is 0 Å². The Morgan fingerprint density at radius 1 is 1.17 bits per heavy atom. The van der Waals surface area contributed by atoms with Gasteiger partial charge in [0.05, 0.1) is 15.5 Å². The standard InChI is InChI=1S/C13H9BrFN3/c14-10-6-9(2-3-11(10)15)18-7-17-12-5-8(16)1-4-13(12)18/h1-7H,16H2. The molecule has 0 saturated carbocycles.